The van der Waals surface area contributed by atoms with E-state index in [0.29, 0.717) is 5.75 Å². The molecule has 0 bridgehead atoms. The van der Waals surface area contributed by atoms with Crippen LogP contribution in [0, 0.1) is 0 Å². The van der Waals surface area contributed by atoms with Gasteiger partial charge in [-0.15, -0.1) is 0 Å². The van der Waals surface area contributed by atoms with Crippen LogP contribution >= 0.6 is 0 Å². The van der Waals surface area contributed by atoms with Gasteiger partial charge >= 0.3 is 29.6 Å². The average Bonchev–Trinajstić information content (AvgIpc) is 2.06. The molecule has 62 valence electrons. The van der Waals surface area contributed by atoms with E-state index in [9.17, 15) is 4.21 Å². The Morgan fingerprint density at radius 2 is 2.00 bits per heavy atom. The number of rotatable bonds is 3. The first-order valence-electron chi connectivity index (χ1n) is 3.15. The van der Waals surface area contributed by atoms with E-state index in [-0.39, 0.29) is 36.9 Å². The molecule has 0 aromatic heterocycles. The topological polar surface area (TPSA) is 52.3 Å². The monoisotopic (exact) mass is 195 g/mol. The van der Waals surface area contributed by atoms with Gasteiger partial charge < -0.3 is 11.3 Å². The molecule has 0 radical (unpaired) electrons. The van der Waals surface area contributed by atoms with E-state index in [2.05, 4.69) is 0 Å². The maximum atomic E-state index is 10.7. The summed E-state index contributed by atoms with van der Waals surface area (Å²) in [6, 6.07) is 8.94. The van der Waals surface area contributed by atoms with Crippen molar-refractivity contribution in [2.24, 2.45) is 5.73 Å². The molecule has 0 aliphatic rings. The van der Waals surface area contributed by atoms with E-state index in [1.54, 1.807) is 12.1 Å². The van der Waals surface area contributed by atoms with Gasteiger partial charge in [0, 0.05) is 0 Å². The molecule has 0 heterocycles. The fourth-order valence-electron chi connectivity index (χ4n) is 0.617. The minimum absolute atomic E-state index is 0. The summed E-state index contributed by atoms with van der Waals surface area (Å²) >= 11 is -1.40. The summed E-state index contributed by atoms with van der Waals surface area (Å²) < 4.78 is 15.7. The van der Waals surface area contributed by atoms with E-state index in [1.165, 1.54) is 0 Å². The van der Waals surface area contributed by atoms with Gasteiger partial charge in [0.15, 0.2) is 0 Å². The van der Waals surface area contributed by atoms with Gasteiger partial charge in [-0.2, -0.15) is 0 Å². The van der Waals surface area contributed by atoms with Crippen molar-refractivity contribution in [1.82, 2.24) is 0 Å². The number of hydrogen-bond acceptors (Lipinski definition) is 3. The molecule has 1 aromatic rings. The predicted molar refractivity (Wildman–Crippen MR) is 45.4 cm³/mol. The number of para-hydroxylation sites is 1. The standard InChI is InChI=1S/C7H9NO2S.Na.H/c8-6-11(9)10-7-4-2-1-3-5-7;;/h1-5H,6,8H2;;/q;+1;-1. The van der Waals surface area contributed by atoms with E-state index in [0.717, 1.165) is 0 Å². The molecule has 1 rings (SSSR count). The normalized spacial score (nSPS) is 11.4. The van der Waals surface area contributed by atoms with Gasteiger partial charge in [0.05, 0.1) is 0 Å². The number of hydrogen-bond donors (Lipinski definition) is 1. The fourth-order valence-corrected chi connectivity index (χ4v) is 1.01. The van der Waals surface area contributed by atoms with Gasteiger partial charge in [-0.3, -0.25) is 0 Å². The average molecular weight is 195 g/mol. The summed E-state index contributed by atoms with van der Waals surface area (Å²) in [4.78, 5) is 0. The molecular weight excluding hydrogens is 185 g/mol. The number of benzene rings is 1. The number of nitrogens with two attached hydrogens (primary N) is 1. The van der Waals surface area contributed by atoms with Crippen LogP contribution in [-0.2, 0) is 11.1 Å². The van der Waals surface area contributed by atoms with Crippen LogP contribution in [0.15, 0.2) is 30.3 Å². The van der Waals surface area contributed by atoms with Crippen molar-refractivity contribution < 1.29 is 39.4 Å². The molecule has 1 atom stereocenters. The van der Waals surface area contributed by atoms with Crippen molar-refractivity contribution in [3.63, 3.8) is 0 Å². The second-order valence-electron chi connectivity index (χ2n) is 1.87. The van der Waals surface area contributed by atoms with Crippen molar-refractivity contribution in [1.29, 1.82) is 0 Å². The maximum Gasteiger partial charge on any atom is 1.00 e. The second-order valence-corrected chi connectivity index (χ2v) is 2.97. The van der Waals surface area contributed by atoms with Crippen molar-refractivity contribution in [3.05, 3.63) is 30.3 Å². The van der Waals surface area contributed by atoms with Gasteiger partial charge in [0.1, 0.15) is 11.6 Å². The molecule has 1 aromatic carbocycles. The largest absolute Gasteiger partial charge is 1.00 e. The summed E-state index contributed by atoms with van der Waals surface area (Å²) in [7, 11) is 0. The summed E-state index contributed by atoms with van der Waals surface area (Å²) in [6.07, 6.45) is 0. The zero-order chi connectivity index (χ0) is 8.10. The third kappa shape index (κ3) is 4.23. The Labute approximate surface area is 97.7 Å². The zero-order valence-corrected chi connectivity index (χ0v) is 9.71. The summed E-state index contributed by atoms with van der Waals surface area (Å²) in [6.45, 7) is 0. The van der Waals surface area contributed by atoms with E-state index in [1.807, 2.05) is 18.2 Å². The van der Waals surface area contributed by atoms with Crippen LogP contribution in [0.2, 0.25) is 0 Å². The molecule has 0 fully saturated rings. The molecular formula is C7H10NNaO2S. The maximum absolute atomic E-state index is 10.7. The van der Waals surface area contributed by atoms with Crippen LogP contribution in [0.3, 0.4) is 0 Å². The summed E-state index contributed by atoms with van der Waals surface area (Å²) in [5.74, 6) is 0.603. The Kier molecular flexibility index (Phi) is 6.70. The molecule has 5 heteroatoms. The molecule has 1 unspecified atom stereocenters. The van der Waals surface area contributed by atoms with Gasteiger partial charge in [-0.1, -0.05) is 18.2 Å². The molecule has 0 aliphatic carbocycles. The molecule has 0 spiro atoms. The van der Waals surface area contributed by atoms with Gasteiger partial charge in [-0.05, 0) is 12.1 Å². The fraction of sp³-hybridized carbons (Fsp3) is 0.143. The van der Waals surface area contributed by atoms with Gasteiger partial charge in [0.25, 0.3) is 0 Å². The first-order valence-corrected chi connectivity index (χ1v) is 4.39. The van der Waals surface area contributed by atoms with Gasteiger partial charge in [-0.25, -0.2) is 4.21 Å². The summed E-state index contributed by atoms with van der Waals surface area (Å²) in [5, 5.41) is 0. The summed E-state index contributed by atoms with van der Waals surface area (Å²) in [5.41, 5.74) is 5.09. The first kappa shape index (κ1) is 12.1. The van der Waals surface area contributed by atoms with Crippen LogP contribution in [0.25, 0.3) is 0 Å². The molecule has 2 N–H and O–H groups in total. The van der Waals surface area contributed by atoms with Crippen molar-refractivity contribution in [2.75, 3.05) is 5.88 Å². The van der Waals surface area contributed by atoms with E-state index in [4.69, 9.17) is 9.92 Å². The van der Waals surface area contributed by atoms with E-state index >= 15 is 0 Å². The molecule has 3 nitrogen and oxygen atoms in total. The predicted octanol–water partition coefficient (Wildman–Crippen LogP) is -2.24. The third-order valence-corrected chi connectivity index (χ3v) is 1.72. The van der Waals surface area contributed by atoms with Crippen LogP contribution < -0.4 is 39.5 Å². The van der Waals surface area contributed by atoms with Crippen LogP contribution in [0.5, 0.6) is 5.75 Å². The smallest absolute Gasteiger partial charge is 1.00 e. The van der Waals surface area contributed by atoms with Crippen molar-refractivity contribution in [2.45, 2.75) is 0 Å². The Morgan fingerprint density at radius 1 is 1.42 bits per heavy atom. The van der Waals surface area contributed by atoms with Crippen molar-refractivity contribution >= 4 is 11.1 Å². The Bertz CT molecular complexity index is 248. The Balaban J connectivity index is 0. The van der Waals surface area contributed by atoms with Crippen molar-refractivity contribution in [3.8, 4) is 5.75 Å². The van der Waals surface area contributed by atoms with Crippen LogP contribution in [0.1, 0.15) is 1.43 Å². The molecule has 12 heavy (non-hydrogen) atoms. The minimum atomic E-state index is -1.40. The first-order chi connectivity index (χ1) is 5.33. The SMILES string of the molecule is NCS(=O)Oc1ccccc1.[H-].[Na+]. The minimum Gasteiger partial charge on any atom is -1.00 e. The Morgan fingerprint density at radius 3 is 2.50 bits per heavy atom. The van der Waals surface area contributed by atoms with E-state index < -0.39 is 11.1 Å². The van der Waals surface area contributed by atoms with Crippen LogP contribution in [0.4, 0.5) is 0 Å². The van der Waals surface area contributed by atoms with Crippen LogP contribution in [-0.4, -0.2) is 10.1 Å². The van der Waals surface area contributed by atoms with Gasteiger partial charge in [0.2, 0.25) is 11.1 Å². The molecule has 0 saturated heterocycles. The quantitative estimate of drug-likeness (QED) is 0.555. The third-order valence-electron chi connectivity index (χ3n) is 1.07. The molecule has 0 amide bonds. The molecule has 0 aliphatic heterocycles. The molecule has 0 saturated carbocycles. The Hall–Kier alpha value is 0.130. The second kappa shape index (κ2) is 6.62. The zero-order valence-electron chi connectivity index (χ0n) is 7.90.